The molecule has 1 atom stereocenters. The number of hydrogen-bond donors (Lipinski definition) is 0. The van der Waals surface area contributed by atoms with Gasteiger partial charge in [0.2, 0.25) is 0 Å². The predicted octanol–water partition coefficient (Wildman–Crippen LogP) is 5.88. The molecule has 7 heteroatoms. The van der Waals surface area contributed by atoms with Gasteiger partial charge in [-0.05, 0) is 48.6 Å². The minimum Gasteiger partial charge on any atom is -0.381 e. The Morgan fingerprint density at radius 1 is 1.12 bits per heavy atom. The molecule has 4 aromatic rings. The van der Waals surface area contributed by atoms with E-state index in [0.717, 1.165) is 30.2 Å². The van der Waals surface area contributed by atoms with Crippen molar-refractivity contribution in [1.29, 1.82) is 0 Å². The van der Waals surface area contributed by atoms with E-state index in [4.69, 9.17) is 16.3 Å². The van der Waals surface area contributed by atoms with Crippen molar-refractivity contribution < 1.29 is 18.3 Å². The van der Waals surface area contributed by atoms with Crippen LogP contribution in [0.1, 0.15) is 30.0 Å². The van der Waals surface area contributed by atoms with Crippen molar-refractivity contribution in [3.8, 4) is 0 Å². The van der Waals surface area contributed by atoms with Gasteiger partial charge in [0.15, 0.2) is 0 Å². The number of rotatable bonds is 5. The van der Waals surface area contributed by atoms with Crippen LogP contribution >= 0.6 is 11.6 Å². The van der Waals surface area contributed by atoms with Crippen molar-refractivity contribution in [3.05, 3.63) is 76.4 Å². The molecule has 164 valence electrons. The van der Waals surface area contributed by atoms with E-state index in [0.29, 0.717) is 35.2 Å². The Morgan fingerprint density at radius 2 is 1.91 bits per heavy atom. The van der Waals surface area contributed by atoms with Crippen molar-refractivity contribution in [2.24, 2.45) is 5.92 Å². The topological polar surface area (TPSA) is 44.1 Å². The van der Waals surface area contributed by atoms with Crippen LogP contribution in [0, 0.1) is 17.6 Å². The smallest absolute Gasteiger partial charge is 0.142 e. The van der Waals surface area contributed by atoms with Crippen molar-refractivity contribution in [3.63, 3.8) is 0 Å². The highest BCUT2D eigenvalue weighted by Gasteiger charge is 2.32. The number of nitrogens with zero attached hydrogens (tertiary/aromatic N) is 2. The molecule has 2 aromatic heterocycles. The van der Waals surface area contributed by atoms with Crippen molar-refractivity contribution in [2.75, 3.05) is 13.2 Å². The molecule has 0 bridgehead atoms. The van der Waals surface area contributed by atoms with Gasteiger partial charge in [0, 0.05) is 36.8 Å². The van der Waals surface area contributed by atoms with Crippen molar-refractivity contribution in [1.82, 2.24) is 9.55 Å². The second kappa shape index (κ2) is 8.60. The van der Waals surface area contributed by atoms with E-state index in [-0.39, 0.29) is 29.2 Å². The zero-order valence-electron chi connectivity index (χ0n) is 17.2. The molecule has 0 spiro atoms. The van der Waals surface area contributed by atoms with Crippen LogP contribution in [-0.4, -0.2) is 29.1 Å². The maximum atomic E-state index is 15.1. The first-order valence-corrected chi connectivity index (χ1v) is 11.0. The van der Waals surface area contributed by atoms with E-state index < -0.39 is 5.82 Å². The number of ether oxygens (including phenoxy) is 1. The molecule has 0 amide bonds. The van der Waals surface area contributed by atoms with E-state index >= 15 is 4.39 Å². The third-order valence-electron chi connectivity index (χ3n) is 6.27. The summed E-state index contributed by atoms with van der Waals surface area (Å²) >= 11 is 6.19. The first kappa shape index (κ1) is 21.0. The molecule has 0 aliphatic carbocycles. The molecule has 4 nitrogen and oxygen atoms in total. The monoisotopic (exact) mass is 454 g/mol. The molecule has 1 saturated heterocycles. The number of benzene rings is 2. The third kappa shape index (κ3) is 3.57. The lowest BCUT2D eigenvalue weighted by Crippen LogP contribution is -2.27. The first-order valence-electron chi connectivity index (χ1n) is 10.6. The van der Waals surface area contributed by atoms with Crippen molar-refractivity contribution in [2.45, 2.75) is 25.3 Å². The fraction of sp³-hybridized carbons (Fsp3) is 0.280. The third-order valence-corrected chi connectivity index (χ3v) is 6.56. The maximum Gasteiger partial charge on any atom is 0.142 e. The van der Waals surface area contributed by atoms with Crippen LogP contribution in [0.25, 0.3) is 21.9 Å². The second-order valence-corrected chi connectivity index (χ2v) is 8.56. The van der Waals surface area contributed by atoms with Gasteiger partial charge in [-0.1, -0.05) is 29.8 Å². The molecule has 32 heavy (non-hydrogen) atoms. The fourth-order valence-corrected chi connectivity index (χ4v) is 4.96. The lowest BCUT2D eigenvalue weighted by atomic mass is 9.86. The molecule has 0 saturated carbocycles. The number of carbonyl (C=O) groups excluding carboxylic acids is 1. The molecule has 3 heterocycles. The summed E-state index contributed by atoms with van der Waals surface area (Å²) in [6, 6.07) is 11.2. The Kier molecular flexibility index (Phi) is 5.66. The summed E-state index contributed by atoms with van der Waals surface area (Å²) in [4.78, 5) is 15.7. The van der Waals surface area contributed by atoms with Gasteiger partial charge in [-0.15, -0.1) is 0 Å². The molecule has 2 aromatic carbocycles. The molecular weight excluding hydrogens is 434 g/mol. The largest absolute Gasteiger partial charge is 0.381 e. The number of fused-ring (bicyclic) bond motifs is 3. The molecule has 1 aliphatic rings. The summed E-state index contributed by atoms with van der Waals surface area (Å²) in [7, 11) is 0. The summed E-state index contributed by atoms with van der Waals surface area (Å²) in [5, 5.41) is 0.599. The normalized spacial score (nSPS) is 16.0. The molecular formula is C25H21ClF2N2O2. The Balaban J connectivity index is 1.86. The van der Waals surface area contributed by atoms with Gasteiger partial charge in [0.25, 0.3) is 0 Å². The Hall–Kier alpha value is -2.83. The molecule has 1 aliphatic heterocycles. The quantitative estimate of drug-likeness (QED) is 0.354. The number of hydrogen-bond acceptors (Lipinski definition) is 3. The fourth-order valence-electron chi connectivity index (χ4n) is 4.80. The molecule has 1 fully saturated rings. The summed E-state index contributed by atoms with van der Waals surface area (Å²) in [5.41, 5.74) is 3.29. The Bertz CT molecular complexity index is 1310. The van der Waals surface area contributed by atoms with Crippen LogP contribution in [-0.2, 0) is 16.0 Å². The van der Waals surface area contributed by atoms with E-state index in [1.165, 1.54) is 12.1 Å². The van der Waals surface area contributed by atoms with Gasteiger partial charge in [-0.25, -0.2) is 8.78 Å². The average molecular weight is 455 g/mol. The minimum absolute atomic E-state index is 0.00562. The lowest BCUT2D eigenvalue weighted by molar-refractivity contribution is -0.107. The lowest BCUT2D eigenvalue weighted by Gasteiger charge is -2.33. The summed E-state index contributed by atoms with van der Waals surface area (Å²) in [6.07, 6.45) is 4.17. The molecule has 5 rings (SSSR count). The van der Waals surface area contributed by atoms with Crippen LogP contribution in [0.3, 0.4) is 0 Å². The van der Waals surface area contributed by atoms with Crippen LogP contribution < -0.4 is 0 Å². The second-order valence-electron chi connectivity index (χ2n) is 8.15. The number of halogens is 3. The SMILES string of the molecule is O=CCc1cnc2c3cc(F)c(Cl)cc3n([C@H](c3ccccc3F)C3CCOCC3)c2c1. The van der Waals surface area contributed by atoms with Crippen LogP contribution in [0.2, 0.25) is 5.02 Å². The standard InChI is InChI=1S/C25H21ClF2N2O2/c26-19-13-22-18(12-21(19)28)24-23(11-15(5-8-31)14-29-24)30(22)25(16-6-9-32-10-7-16)17-3-1-2-4-20(17)27/h1-4,8,11-14,16,25H,5-7,9-10H2/t25-/m0/s1. The first-order chi connectivity index (χ1) is 15.6. The van der Waals surface area contributed by atoms with Crippen molar-refractivity contribution >= 4 is 39.8 Å². The number of aromatic nitrogens is 2. The van der Waals surface area contributed by atoms with Gasteiger partial charge in [-0.3, -0.25) is 4.98 Å². The van der Waals surface area contributed by atoms with E-state index in [2.05, 4.69) is 4.98 Å². The number of carbonyl (C=O) groups is 1. The van der Waals surface area contributed by atoms with Gasteiger partial charge >= 0.3 is 0 Å². The Morgan fingerprint density at radius 3 is 2.66 bits per heavy atom. The molecule has 0 radical (unpaired) electrons. The highest BCUT2D eigenvalue weighted by molar-refractivity contribution is 6.31. The predicted molar refractivity (Wildman–Crippen MR) is 120 cm³/mol. The van der Waals surface area contributed by atoms with Gasteiger partial charge in [0.1, 0.15) is 17.9 Å². The highest BCUT2D eigenvalue weighted by Crippen LogP contribution is 2.42. The van der Waals surface area contributed by atoms with E-state index in [9.17, 15) is 9.18 Å². The van der Waals surface area contributed by atoms with Gasteiger partial charge < -0.3 is 14.1 Å². The number of pyridine rings is 1. The molecule has 0 N–H and O–H groups in total. The van der Waals surface area contributed by atoms with Crippen LogP contribution in [0.4, 0.5) is 8.78 Å². The van der Waals surface area contributed by atoms with Crippen LogP contribution in [0.15, 0.2) is 48.7 Å². The number of aldehydes is 1. The molecule has 0 unspecified atom stereocenters. The zero-order chi connectivity index (χ0) is 22.2. The summed E-state index contributed by atoms with van der Waals surface area (Å²) in [6.45, 7) is 1.19. The summed E-state index contributed by atoms with van der Waals surface area (Å²) < 4.78 is 37.2. The van der Waals surface area contributed by atoms with Gasteiger partial charge in [0.05, 0.1) is 27.6 Å². The van der Waals surface area contributed by atoms with Crippen LogP contribution in [0.5, 0.6) is 0 Å². The van der Waals surface area contributed by atoms with E-state index in [1.54, 1.807) is 24.4 Å². The Labute approximate surface area is 188 Å². The minimum atomic E-state index is -0.537. The van der Waals surface area contributed by atoms with Gasteiger partial charge in [-0.2, -0.15) is 0 Å². The maximum absolute atomic E-state index is 15.1. The highest BCUT2D eigenvalue weighted by atomic mass is 35.5. The summed E-state index contributed by atoms with van der Waals surface area (Å²) in [5.74, 6) is -0.743. The average Bonchev–Trinajstić information content (AvgIpc) is 3.09. The van der Waals surface area contributed by atoms with E-state index in [1.807, 2.05) is 16.7 Å². The zero-order valence-corrected chi connectivity index (χ0v) is 18.0.